The average molecular weight is 418 g/mol. The number of rotatable bonds is 6. The highest BCUT2D eigenvalue weighted by atomic mass is 32.2. The Labute approximate surface area is 157 Å². The lowest BCUT2D eigenvalue weighted by Gasteiger charge is -2.23. The molecule has 0 atom stereocenters. The van der Waals surface area contributed by atoms with Crippen LogP contribution in [0.25, 0.3) is 0 Å². The van der Waals surface area contributed by atoms with Gasteiger partial charge in [0.1, 0.15) is 0 Å². The maximum Gasteiger partial charge on any atom is 0.274 e. The largest absolute Gasteiger partial charge is 0.288 e. The Kier molecular flexibility index (Phi) is 5.41. The smallest absolute Gasteiger partial charge is 0.274 e. The third-order valence-electron chi connectivity index (χ3n) is 4.25. The van der Waals surface area contributed by atoms with Crippen LogP contribution in [-0.4, -0.2) is 29.9 Å². The van der Waals surface area contributed by atoms with E-state index in [0.717, 1.165) is 4.31 Å². The standard InChI is InChI=1S/C17H14F4N2O4S/c18-12-7-13(19)15(21)16(14(12)20)28(26,27)23(11-5-6-11)8-9-1-3-10(4-2-9)17(24)22-25/h1-4,7,11,25H,5-6,8H2,(H,22,24). The SMILES string of the molecule is O=C(NO)c1ccc(CN(C2CC2)S(=O)(=O)c2c(F)c(F)cc(F)c2F)cc1. The predicted molar refractivity (Wildman–Crippen MR) is 87.7 cm³/mol. The molecule has 0 radical (unpaired) electrons. The number of nitrogens with zero attached hydrogens (tertiary/aromatic N) is 1. The van der Waals surface area contributed by atoms with Crippen molar-refractivity contribution in [2.24, 2.45) is 0 Å². The lowest BCUT2D eigenvalue weighted by Crippen LogP contribution is -2.34. The number of sulfonamides is 1. The molecule has 28 heavy (non-hydrogen) atoms. The molecule has 2 aromatic rings. The number of amides is 1. The van der Waals surface area contributed by atoms with Gasteiger partial charge in [0.25, 0.3) is 5.91 Å². The first-order valence-corrected chi connectivity index (χ1v) is 9.49. The molecule has 0 spiro atoms. The van der Waals surface area contributed by atoms with Gasteiger partial charge >= 0.3 is 0 Å². The summed E-state index contributed by atoms with van der Waals surface area (Å²) in [5, 5.41) is 8.59. The van der Waals surface area contributed by atoms with Crippen LogP contribution in [0.3, 0.4) is 0 Å². The van der Waals surface area contributed by atoms with Crippen LogP contribution in [0.4, 0.5) is 17.6 Å². The summed E-state index contributed by atoms with van der Waals surface area (Å²) in [6, 6.07) is 4.75. The first-order valence-electron chi connectivity index (χ1n) is 8.05. The zero-order valence-electron chi connectivity index (χ0n) is 14.1. The quantitative estimate of drug-likeness (QED) is 0.327. The Bertz CT molecular complexity index is 998. The fourth-order valence-corrected chi connectivity index (χ4v) is 4.48. The molecule has 0 aliphatic heterocycles. The van der Waals surface area contributed by atoms with Crippen LogP contribution in [0, 0.1) is 23.3 Å². The zero-order valence-corrected chi connectivity index (χ0v) is 14.9. The normalized spacial score (nSPS) is 14.4. The maximum absolute atomic E-state index is 14.0. The van der Waals surface area contributed by atoms with E-state index in [4.69, 9.17) is 5.21 Å². The minimum Gasteiger partial charge on any atom is -0.288 e. The van der Waals surface area contributed by atoms with Gasteiger partial charge < -0.3 is 0 Å². The molecule has 1 aliphatic rings. The van der Waals surface area contributed by atoms with Crippen molar-refractivity contribution in [1.29, 1.82) is 0 Å². The second kappa shape index (κ2) is 7.49. The molecule has 0 heterocycles. The van der Waals surface area contributed by atoms with E-state index < -0.39 is 50.1 Å². The molecule has 11 heteroatoms. The summed E-state index contributed by atoms with van der Waals surface area (Å²) in [7, 11) is -4.89. The number of nitrogens with one attached hydrogen (secondary N) is 1. The third-order valence-corrected chi connectivity index (χ3v) is 6.17. The van der Waals surface area contributed by atoms with Crippen LogP contribution >= 0.6 is 0 Å². The number of benzene rings is 2. The molecule has 3 rings (SSSR count). The molecule has 6 nitrogen and oxygen atoms in total. The van der Waals surface area contributed by atoms with E-state index in [-0.39, 0.29) is 18.2 Å². The monoisotopic (exact) mass is 418 g/mol. The van der Waals surface area contributed by atoms with E-state index in [1.807, 2.05) is 0 Å². The Balaban J connectivity index is 1.98. The van der Waals surface area contributed by atoms with Crippen molar-refractivity contribution in [3.63, 3.8) is 0 Å². The Morgan fingerprint density at radius 2 is 1.61 bits per heavy atom. The van der Waals surface area contributed by atoms with Crippen LogP contribution in [0.15, 0.2) is 35.2 Å². The van der Waals surface area contributed by atoms with Crippen molar-refractivity contribution in [1.82, 2.24) is 9.79 Å². The second-order valence-corrected chi connectivity index (χ2v) is 8.04. The van der Waals surface area contributed by atoms with Crippen molar-refractivity contribution in [3.8, 4) is 0 Å². The fraction of sp³-hybridized carbons (Fsp3) is 0.235. The zero-order chi connectivity index (χ0) is 20.6. The number of halogens is 4. The average Bonchev–Trinajstić information content (AvgIpc) is 3.49. The topological polar surface area (TPSA) is 86.7 Å². The molecule has 2 N–H and O–H groups in total. The molecule has 1 saturated carbocycles. The van der Waals surface area contributed by atoms with E-state index >= 15 is 0 Å². The van der Waals surface area contributed by atoms with Gasteiger partial charge in [-0.05, 0) is 30.5 Å². The van der Waals surface area contributed by atoms with Gasteiger partial charge in [0.05, 0.1) is 0 Å². The highest BCUT2D eigenvalue weighted by molar-refractivity contribution is 7.89. The number of hydrogen-bond acceptors (Lipinski definition) is 4. The molecule has 0 aromatic heterocycles. The van der Waals surface area contributed by atoms with E-state index in [1.54, 1.807) is 0 Å². The Hall–Kier alpha value is -2.50. The van der Waals surface area contributed by atoms with Crippen LogP contribution in [0.2, 0.25) is 0 Å². The molecular formula is C17H14F4N2O4S. The van der Waals surface area contributed by atoms with E-state index in [2.05, 4.69) is 0 Å². The van der Waals surface area contributed by atoms with Gasteiger partial charge in [-0.1, -0.05) is 12.1 Å². The summed E-state index contributed by atoms with van der Waals surface area (Å²) in [5.41, 5.74) is 1.90. The lowest BCUT2D eigenvalue weighted by molar-refractivity contribution is 0.0706. The molecular weight excluding hydrogens is 404 g/mol. The molecule has 0 bridgehead atoms. The van der Waals surface area contributed by atoms with Crippen LogP contribution in [0.5, 0.6) is 0 Å². The van der Waals surface area contributed by atoms with Crippen LogP contribution in [0.1, 0.15) is 28.8 Å². The maximum atomic E-state index is 14.0. The summed E-state index contributed by atoms with van der Waals surface area (Å²) < 4.78 is 81.4. The Morgan fingerprint density at radius 3 is 2.07 bits per heavy atom. The minimum atomic E-state index is -4.89. The van der Waals surface area contributed by atoms with Gasteiger partial charge in [0.15, 0.2) is 28.2 Å². The van der Waals surface area contributed by atoms with Crippen molar-refractivity contribution >= 4 is 15.9 Å². The molecule has 1 aliphatic carbocycles. The summed E-state index contributed by atoms with van der Waals surface area (Å²) in [5.74, 6) is -8.38. The molecule has 0 saturated heterocycles. The summed E-state index contributed by atoms with van der Waals surface area (Å²) in [6.07, 6.45) is 0.844. The van der Waals surface area contributed by atoms with Crippen molar-refractivity contribution in [2.75, 3.05) is 0 Å². The third kappa shape index (κ3) is 3.73. The predicted octanol–water partition coefficient (Wildman–Crippen LogP) is 2.72. The summed E-state index contributed by atoms with van der Waals surface area (Å²) in [6.45, 7) is -0.328. The van der Waals surface area contributed by atoms with Crippen molar-refractivity contribution in [2.45, 2.75) is 30.3 Å². The molecule has 1 fully saturated rings. The minimum absolute atomic E-state index is 0.0594. The Morgan fingerprint density at radius 1 is 1.07 bits per heavy atom. The lowest BCUT2D eigenvalue weighted by atomic mass is 10.1. The molecule has 1 amide bonds. The molecule has 2 aromatic carbocycles. The van der Waals surface area contributed by atoms with E-state index in [1.165, 1.54) is 29.7 Å². The van der Waals surface area contributed by atoms with Gasteiger partial charge in [-0.3, -0.25) is 10.0 Å². The molecule has 150 valence electrons. The van der Waals surface area contributed by atoms with Gasteiger partial charge in [0.2, 0.25) is 10.0 Å². The number of hydrogen-bond donors (Lipinski definition) is 2. The van der Waals surface area contributed by atoms with Crippen molar-refractivity contribution in [3.05, 3.63) is 64.7 Å². The highest BCUT2D eigenvalue weighted by Crippen LogP contribution is 2.36. The number of hydroxylamine groups is 1. The van der Waals surface area contributed by atoms with Gasteiger partial charge in [-0.25, -0.2) is 31.5 Å². The first kappa shape index (κ1) is 20.2. The van der Waals surface area contributed by atoms with Crippen LogP contribution < -0.4 is 5.48 Å². The van der Waals surface area contributed by atoms with E-state index in [0.29, 0.717) is 18.4 Å². The van der Waals surface area contributed by atoms with Crippen molar-refractivity contribution < 1.29 is 36.0 Å². The number of carbonyl (C=O) groups excluding carboxylic acids is 1. The van der Waals surface area contributed by atoms with Crippen LogP contribution in [-0.2, 0) is 16.6 Å². The first-order chi connectivity index (χ1) is 13.2. The summed E-state index contributed by atoms with van der Waals surface area (Å²) in [4.78, 5) is 9.65. The summed E-state index contributed by atoms with van der Waals surface area (Å²) >= 11 is 0. The number of carbonyl (C=O) groups is 1. The highest BCUT2D eigenvalue weighted by Gasteiger charge is 2.42. The second-order valence-electron chi connectivity index (χ2n) is 6.22. The van der Waals surface area contributed by atoms with Gasteiger partial charge in [-0.2, -0.15) is 4.31 Å². The van der Waals surface area contributed by atoms with E-state index in [9.17, 15) is 30.8 Å². The molecule has 0 unspecified atom stereocenters. The van der Waals surface area contributed by atoms with Gasteiger partial charge in [0, 0.05) is 24.2 Å². The fourth-order valence-electron chi connectivity index (χ4n) is 2.67. The van der Waals surface area contributed by atoms with Gasteiger partial charge in [-0.15, -0.1) is 0 Å².